The lowest BCUT2D eigenvalue weighted by atomic mass is 10.0. The SMILES string of the molecule is CC(NC(=O)C(=O)c1cnn(C)c1)C(O)c1ccccc1. The van der Waals surface area contributed by atoms with E-state index in [1.54, 1.807) is 38.2 Å². The highest BCUT2D eigenvalue weighted by Crippen LogP contribution is 2.16. The Morgan fingerprint density at radius 2 is 1.95 bits per heavy atom. The Bertz CT molecular complexity index is 637. The van der Waals surface area contributed by atoms with Crippen LogP contribution in [0.5, 0.6) is 0 Å². The van der Waals surface area contributed by atoms with Crippen molar-refractivity contribution < 1.29 is 14.7 Å². The van der Waals surface area contributed by atoms with Crippen molar-refractivity contribution >= 4 is 11.7 Å². The lowest BCUT2D eigenvalue weighted by molar-refractivity contribution is -0.118. The second-order valence-corrected chi connectivity index (χ2v) is 4.85. The second kappa shape index (κ2) is 6.32. The molecule has 2 unspecified atom stereocenters. The van der Waals surface area contributed by atoms with Gasteiger partial charge in [-0.1, -0.05) is 30.3 Å². The van der Waals surface area contributed by atoms with E-state index < -0.39 is 23.8 Å². The molecule has 1 amide bonds. The van der Waals surface area contributed by atoms with Crippen LogP contribution in [-0.4, -0.2) is 32.6 Å². The maximum Gasteiger partial charge on any atom is 0.292 e. The van der Waals surface area contributed by atoms with Gasteiger partial charge < -0.3 is 10.4 Å². The van der Waals surface area contributed by atoms with Crippen molar-refractivity contribution in [3.63, 3.8) is 0 Å². The zero-order chi connectivity index (χ0) is 15.4. The maximum absolute atomic E-state index is 11.9. The molecular weight excluding hydrogens is 270 g/mol. The number of nitrogens with one attached hydrogen (secondary N) is 1. The number of Topliss-reactive ketones (excluding diaryl/α,β-unsaturated/α-hetero) is 1. The van der Waals surface area contributed by atoms with Gasteiger partial charge in [0.25, 0.3) is 11.7 Å². The van der Waals surface area contributed by atoms with E-state index in [0.29, 0.717) is 5.56 Å². The fraction of sp³-hybridized carbons (Fsp3) is 0.267. The van der Waals surface area contributed by atoms with Crippen molar-refractivity contribution in [2.45, 2.75) is 19.1 Å². The summed E-state index contributed by atoms with van der Waals surface area (Å²) in [7, 11) is 1.66. The Morgan fingerprint density at radius 1 is 1.29 bits per heavy atom. The Kier molecular flexibility index (Phi) is 4.49. The van der Waals surface area contributed by atoms with E-state index in [0.717, 1.165) is 0 Å². The Morgan fingerprint density at radius 3 is 2.52 bits per heavy atom. The zero-order valence-corrected chi connectivity index (χ0v) is 11.9. The van der Waals surface area contributed by atoms with Gasteiger partial charge >= 0.3 is 0 Å². The third-order valence-corrected chi connectivity index (χ3v) is 3.15. The molecule has 0 aliphatic heterocycles. The van der Waals surface area contributed by atoms with Gasteiger partial charge in [0, 0.05) is 13.2 Å². The smallest absolute Gasteiger partial charge is 0.292 e. The molecule has 2 rings (SSSR count). The summed E-state index contributed by atoms with van der Waals surface area (Å²) in [5.74, 6) is -1.43. The summed E-state index contributed by atoms with van der Waals surface area (Å²) < 4.78 is 1.45. The third kappa shape index (κ3) is 3.55. The number of benzene rings is 1. The zero-order valence-electron chi connectivity index (χ0n) is 11.9. The van der Waals surface area contributed by atoms with Crippen molar-refractivity contribution in [2.24, 2.45) is 7.05 Å². The van der Waals surface area contributed by atoms with E-state index in [9.17, 15) is 14.7 Å². The van der Waals surface area contributed by atoms with E-state index in [-0.39, 0.29) is 5.56 Å². The molecule has 0 spiro atoms. The van der Waals surface area contributed by atoms with Crippen LogP contribution in [0.25, 0.3) is 0 Å². The summed E-state index contributed by atoms with van der Waals surface area (Å²) in [4.78, 5) is 23.8. The molecule has 0 saturated carbocycles. The molecule has 1 aromatic carbocycles. The van der Waals surface area contributed by atoms with E-state index in [1.807, 2.05) is 6.07 Å². The van der Waals surface area contributed by atoms with Gasteiger partial charge in [0.15, 0.2) is 0 Å². The van der Waals surface area contributed by atoms with E-state index in [4.69, 9.17) is 0 Å². The van der Waals surface area contributed by atoms with Crippen molar-refractivity contribution in [2.75, 3.05) is 0 Å². The van der Waals surface area contributed by atoms with Gasteiger partial charge in [-0.05, 0) is 12.5 Å². The number of rotatable bonds is 5. The van der Waals surface area contributed by atoms with Gasteiger partial charge in [-0.3, -0.25) is 14.3 Å². The van der Waals surface area contributed by atoms with E-state index in [2.05, 4.69) is 10.4 Å². The van der Waals surface area contributed by atoms with Crippen molar-refractivity contribution in [1.82, 2.24) is 15.1 Å². The van der Waals surface area contributed by atoms with Crippen LogP contribution >= 0.6 is 0 Å². The highest BCUT2D eigenvalue weighted by atomic mass is 16.3. The summed E-state index contributed by atoms with van der Waals surface area (Å²) in [6, 6.07) is 8.38. The standard InChI is InChI=1S/C15H17N3O3/c1-10(13(19)11-6-4-3-5-7-11)17-15(21)14(20)12-8-16-18(2)9-12/h3-10,13,19H,1-2H3,(H,17,21). The fourth-order valence-corrected chi connectivity index (χ4v) is 1.96. The van der Waals surface area contributed by atoms with Gasteiger partial charge in [-0.15, -0.1) is 0 Å². The van der Waals surface area contributed by atoms with Gasteiger partial charge in [-0.25, -0.2) is 0 Å². The number of amides is 1. The molecule has 1 aromatic heterocycles. The molecule has 1 heterocycles. The van der Waals surface area contributed by atoms with Crippen LogP contribution in [0, 0.1) is 0 Å². The molecule has 6 heteroatoms. The molecule has 0 aliphatic carbocycles. The van der Waals surface area contributed by atoms with Crippen molar-refractivity contribution in [3.05, 3.63) is 53.9 Å². The number of hydrogen-bond donors (Lipinski definition) is 2. The number of nitrogens with zero attached hydrogens (tertiary/aromatic N) is 2. The number of carbonyl (C=O) groups is 2. The largest absolute Gasteiger partial charge is 0.386 e. The number of aromatic nitrogens is 2. The highest BCUT2D eigenvalue weighted by Gasteiger charge is 2.23. The van der Waals surface area contributed by atoms with Crippen LogP contribution in [0.3, 0.4) is 0 Å². The number of hydrogen-bond acceptors (Lipinski definition) is 4. The minimum Gasteiger partial charge on any atom is -0.386 e. The molecular formula is C15H17N3O3. The van der Waals surface area contributed by atoms with Gasteiger partial charge in [-0.2, -0.15) is 5.10 Å². The minimum atomic E-state index is -0.878. The number of aryl methyl sites for hydroxylation is 1. The average molecular weight is 287 g/mol. The van der Waals surface area contributed by atoms with Crippen LogP contribution in [-0.2, 0) is 11.8 Å². The molecule has 110 valence electrons. The lowest BCUT2D eigenvalue weighted by Gasteiger charge is -2.20. The molecule has 2 aromatic rings. The predicted octanol–water partition coefficient (Wildman–Crippen LogP) is 0.841. The Hall–Kier alpha value is -2.47. The monoisotopic (exact) mass is 287 g/mol. The molecule has 6 nitrogen and oxygen atoms in total. The first-order valence-corrected chi connectivity index (χ1v) is 6.56. The molecule has 2 atom stereocenters. The number of aliphatic hydroxyl groups is 1. The summed E-state index contributed by atoms with van der Waals surface area (Å²) >= 11 is 0. The third-order valence-electron chi connectivity index (χ3n) is 3.15. The summed E-state index contributed by atoms with van der Waals surface area (Å²) in [5.41, 5.74) is 0.899. The van der Waals surface area contributed by atoms with Crippen LogP contribution in [0.4, 0.5) is 0 Å². The number of aliphatic hydroxyl groups excluding tert-OH is 1. The molecule has 0 bridgehead atoms. The summed E-state index contributed by atoms with van der Waals surface area (Å²) in [5, 5.41) is 16.5. The van der Waals surface area contributed by atoms with Gasteiger partial charge in [0.05, 0.1) is 23.9 Å². The predicted molar refractivity (Wildman–Crippen MR) is 76.5 cm³/mol. The Labute approximate surface area is 122 Å². The molecule has 0 radical (unpaired) electrons. The quantitative estimate of drug-likeness (QED) is 0.630. The first-order chi connectivity index (χ1) is 9.99. The topological polar surface area (TPSA) is 84.2 Å². The molecule has 2 N–H and O–H groups in total. The van der Waals surface area contributed by atoms with Crippen LogP contribution in [0.2, 0.25) is 0 Å². The average Bonchev–Trinajstić information content (AvgIpc) is 2.93. The van der Waals surface area contributed by atoms with E-state index >= 15 is 0 Å². The normalized spacial score (nSPS) is 13.5. The second-order valence-electron chi connectivity index (χ2n) is 4.85. The van der Waals surface area contributed by atoms with Crippen LogP contribution in [0.1, 0.15) is 28.9 Å². The highest BCUT2D eigenvalue weighted by molar-refractivity contribution is 6.42. The van der Waals surface area contributed by atoms with Crippen molar-refractivity contribution in [1.29, 1.82) is 0 Å². The fourth-order valence-electron chi connectivity index (χ4n) is 1.96. The summed E-state index contributed by atoms with van der Waals surface area (Å²) in [6.07, 6.45) is 1.93. The first kappa shape index (κ1) is 14.9. The molecule has 21 heavy (non-hydrogen) atoms. The first-order valence-electron chi connectivity index (χ1n) is 6.56. The summed E-state index contributed by atoms with van der Waals surface area (Å²) in [6.45, 7) is 1.64. The minimum absolute atomic E-state index is 0.219. The maximum atomic E-state index is 11.9. The van der Waals surface area contributed by atoms with Crippen LogP contribution < -0.4 is 5.32 Å². The van der Waals surface area contributed by atoms with Gasteiger partial charge in [0.2, 0.25) is 0 Å². The molecule has 0 aliphatic rings. The molecule has 0 fully saturated rings. The number of carbonyl (C=O) groups excluding carboxylic acids is 2. The van der Waals surface area contributed by atoms with Gasteiger partial charge in [0.1, 0.15) is 0 Å². The Balaban J connectivity index is 2.00. The van der Waals surface area contributed by atoms with Crippen LogP contribution in [0.15, 0.2) is 42.7 Å². The lowest BCUT2D eigenvalue weighted by Crippen LogP contribution is -2.40. The number of ketones is 1. The van der Waals surface area contributed by atoms with E-state index in [1.165, 1.54) is 17.1 Å². The molecule has 0 saturated heterocycles. The van der Waals surface area contributed by atoms with Crippen molar-refractivity contribution in [3.8, 4) is 0 Å².